The van der Waals surface area contributed by atoms with Crippen LogP contribution in [0.25, 0.3) is 11.2 Å². The van der Waals surface area contributed by atoms with Gasteiger partial charge in [-0.2, -0.15) is 0 Å². The van der Waals surface area contributed by atoms with Crippen LogP contribution in [0, 0.1) is 0 Å². The number of aliphatic hydroxyl groups is 1. The first-order valence-electron chi connectivity index (χ1n) is 6.66. The van der Waals surface area contributed by atoms with Crippen molar-refractivity contribution in [2.24, 2.45) is 0 Å². The minimum atomic E-state index is -0.805. The molecule has 1 N–H and O–H groups in total. The number of benzene rings is 1. The molecule has 0 radical (unpaired) electrons. The lowest BCUT2D eigenvalue weighted by Crippen LogP contribution is -2.09. The molecule has 6 heteroatoms. The molecule has 6 nitrogen and oxygen atoms in total. The normalized spacial score (nSPS) is 12.7. The van der Waals surface area contributed by atoms with E-state index in [1.807, 2.05) is 34.9 Å². The lowest BCUT2D eigenvalue weighted by molar-refractivity contribution is 0.0625. The van der Waals surface area contributed by atoms with Gasteiger partial charge in [-0.15, -0.1) is 0 Å². The van der Waals surface area contributed by atoms with E-state index >= 15 is 0 Å². The van der Waals surface area contributed by atoms with Gasteiger partial charge in [-0.05, 0) is 5.56 Å². The summed E-state index contributed by atoms with van der Waals surface area (Å²) in [5, 5.41) is 10.1. The Kier molecular flexibility index (Phi) is 3.89. The van der Waals surface area contributed by atoms with Crippen LogP contribution in [0.1, 0.15) is 17.4 Å². The highest BCUT2D eigenvalue weighted by Gasteiger charge is 2.16. The van der Waals surface area contributed by atoms with Crippen molar-refractivity contribution in [3.63, 3.8) is 0 Å². The summed E-state index contributed by atoms with van der Waals surface area (Å²) in [4.78, 5) is 12.7. The van der Waals surface area contributed by atoms with E-state index in [4.69, 9.17) is 4.74 Å². The highest BCUT2D eigenvalue weighted by atomic mass is 16.5. The predicted molar refractivity (Wildman–Crippen MR) is 77.7 cm³/mol. The van der Waals surface area contributed by atoms with Gasteiger partial charge in [0, 0.05) is 7.11 Å². The molecule has 3 rings (SSSR count). The highest BCUT2D eigenvalue weighted by molar-refractivity contribution is 5.73. The van der Waals surface area contributed by atoms with Crippen molar-refractivity contribution >= 4 is 11.2 Å². The molecule has 108 valence electrons. The summed E-state index contributed by atoms with van der Waals surface area (Å²) in [5.74, 6) is 0. The second kappa shape index (κ2) is 5.99. The van der Waals surface area contributed by atoms with Gasteiger partial charge >= 0.3 is 0 Å². The fourth-order valence-electron chi connectivity index (χ4n) is 2.28. The van der Waals surface area contributed by atoms with Crippen molar-refractivity contribution < 1.29 is 9.84 Å². The number of methoxy groups -OCH3 is 1. The van der Waals surface area contributed by atoms with Crippen LogP contribution in [0.3, 0.4) is 0 Å². The van der Waals surface area contributed by atoms with E-state index < -0.39 is 6.10 Å². The maximum absolute atomic E-state index is 10.1. The smallest absolute Gasteiger partial charge is 0.163 e. The van der Waals surface area contributed by atoms with Crippen LogP contribution >= 0.6 is 0 Å². The Balaban J connectivity index is 1.97. The Labute approximate surface area is 122 Å². The predicted octanol–water partition coefficient (Wildman–Crippen LogP) is 1.55. The molecule has 0 spiro atoms. The van der Waals surface area contributed by atoms with Gasteiger partial charge in [-0.3, -0.25) is 0 Å². The molecular weight excluding hydrogens is 268 g/mol. The summed E-state index contributed by atoms with van der Waals surface area (Å²) in [5.41, 5.74) is 2.97. The number of aromatic nitrogens is 4. The van der Waals surface area contributed by atoms with Crippen LogP contribution in [0.2, 0.25) is 0 Å². The number of fused-ring (bicyclic) bond motifs is 1. The monoisotopic (exact) mass is 284 g/mol. The SMILES string of the molecule is COCC(O)c1ncnc2c1ncn2Cc1ccccc1. The van der Waals surface area contributed by atoms with Crippen molar-refractivity contribution in [3.8, 4) is 0 Å². The molecule has 2 heterocycles. The molecular formula is C15H16N4O2. The molecule has 21 heavy (non-hydrogen) atoms. The highest BCUT2D eigenvalue weighted by Crippen LogP contribution is 2.20. The molecule has 3 aromatic rings. The zero-order valence-corrected chi connectivity index (χ0v) is 11.7. The molecule has 0 bridgehead atoms. The quantitative estimate of drug-likeness (QED) is 0.769. The summed E-state index contributed by atoms with van der Waals surface area (Å²) in [6.07, 6.45) is 2.36. The number of hydrogen-bond acceptors (Lipinski definition) is 5. The molecule has 0 amide bonds. The van der Waals surface area contributed by atoms with E-state index in [1.165, 1.54) is 13.4 Å². The minimum Gasteiger partial charge on any atom is -0.384 e. The van der Waals surface area contributed by atoms with Gasteiger partial charge < -0.3 is 14.4 Å². The number of imidazole rings is 1. The maximum Gasteiger partial charge on any atom is 0.163 e. The van der Waals surface area contributed by atoms with E-state index in [0.717, 1.165) is 5.56 Å². The van der Waals surface area contributed by atoms with Gasteiger partial charge in [0.2, 0.25) is 0 Å². The van der Waals surface area contributed by atoms with Crippen molar-refractivity contribution in [2.75, 3.05) is 13.7 Å². The number of nitrogens with zero attached hydrogens (tertiary/aromatic N) is 4. The van der Waals surface area contributed by atoms with Crippen LogP contribution in [0.15, 0.2) is 43.0 Å². The zero-order chi connectivity index (χ0) is 14.7. The van der Waals surface area contributed by atoms with Crippen molar-refractivity contribution in [1.29, 1.82) is 0 Å². The zero-order valence-electron chi connectivity index (χ0n) is 11.7. The van der Waals surface area contributed by atoms with Crippen molar-refractivity contribution in [1.82, 2.24) is 19.5 Å². The standard InChI is InChI=1S/C15H16N4O2/c1-21-8-12(20)13-14-15(17-9-16-13)19(10-18-14)7-11-5-3-2-4-6-11/h2-6,9-10,12,20H,7-8H2,1H3. The van der Waals surface area contributed by atoms with Gasteiger partial charge in [0.1, 0.15) is 23.6 Å². The van der Waals surface area contributed by atoms with Gasteiger partial charge in [-0.1, -0.05) is 30.3 Å². The van der Waals surface area contributed by atoms with Crippen LogP contribution in [-0.2, 0) is 11.3 Å². The van der Waals surface area contributed by atoms with Gasteiger partial charge in [-0.25, -0.2) is 15.0 Å². The molecule has 0 aliphatic heterocycles. The average molecular weight is 284 g/mol. The molecule has 0 aliphatic rings. The maximum atomic E-state index is 10.1. The van der Waals surface area contributed by atoms with Gasteiger partial charge in [0.15, 0.2) is 5.65 Å². The summed E-state index contributed by atoms with van der Waals surface area (Å²) in [6, 6.07) is 10.1. The molecule has 1 atom stereocenters. The van der Waals surface area contributed by atoms with E-state index in [2.05, 4.69) is 15.0 Å². The number of aliphatic hydroxyl groups excluding tert-OH is 1. The summed E-state index contributed by atoms with van der Waals surface area (Å²) >= 11 is 0. The molecule has 0 saturated carbocycles. The fraction of sp³-hybridized carbons (Fsp3) is 0.267. The molecule has 1 aromatic carbocycles. The number of hydrogen-bond donors (Lipinski definition) is 1. The minimum absolute atomic E-state index is 0.178. The number of rotatable bonds is 5. The van der Waals surface area contributed by atoms with Crippen molar-refractivity contribution in [3.05, 3.63) is 54.2 Å². The third kappa shape index (κ3) is 2.76. The van der Waals surface area contributed by atoms with E-state index in [1.54, 1.807) is 6.33 Å². The lowest BCUT2D eigenvalue weighted by Gasteiger charge is -2.09. The summed E-state index contributed by atoms with van der Waals surface area (Å²) in [6.45, 7) is 0.853. The van der Waals surface area contributed by atoms with Crippen LogP contribution in [0.5, 0.6) is 0 Å². The number of ether oxygens (including phenoxy) is 1. The largest absolute Gasteiger partial charge is 0.384 e. The Morgan fingerprint density at radius 2 is 2.00 bits per heavy atom. The van der Waals surface area contributed by atoms with Gasteiger partial charge in [0.25, 0.3) is 0 Å². The first-order valence-corrected chi connectivity index (χ1v) is 6.66. The Hall–Kier alpha value is -2.31. The Morgan fingerprint density at radius 1 is 1.19 bits per heavy atom. The second-order valence-electron chi connectivity index (χ2n) is 4.76. The van der Waals surface area contributed by atoms with E-state index in [0.29, 0.717) is 23.4 Å². The third-order valence-electron chi connectivity index (χ3n) is 3.27. The van der Waals surface area contributed by atoms with Crippen LogP contribution in [-0.4, -0.2) is 38.3 Å². The fourth-order valence-corrected chi connectivity index (χ4v) is 2.28. The van der Waals surface area contributed by atoms with E-state index in [9.17, 15) is 5.11 Å². The summed E-state index contributed by atoms with van der Waals surface area (Å²) in [7, 11) is 1.54. The first-order chi connectivity index (χ1) is 10.3. The average Bonchev–Trinajstić information content (AvgIpc) is 2.92. The van der Waals surface area contributed by atoms with Gasteiger partial charge in [0.05, 0.1) is 19.5 Å². The molecule has 0 saturated heterocycles. The van der Waals surface area contributed by atoms with Crippen molar-refractivity contribution in [2.45, 2.75) is 12.6 Å². The molecule has 2 aromatic heterocycles. The Morgan fingerprint density at radius 3 is 2.76 bits per heavy atom. The third-order valence-corrected chi connectivity index (χ3v) is 3.27. The lowest BCUT2D eigenvalue weighted by atomic mass is 10.2. The topological polar surface area (TPSA) is 73.1 Å². The van der Waals surface area contributed by atoms with Crippen LogP contribution in [0.4, 0.5) is 0 Å². The molecule has 0 aliphatic carbocycles. The second-order valence-corrected chi connectivity index (χ2v) is 4.76. The first kappa shape index (κ1) is 13.7. The van der Waals surface area contributed by atoms with E-state index in [-0.39, 0.29) is 6.61 Å². The molecule has 0 fully saturated rings. The van der Waals surface area contributed by atoms with Crippen LogP contribution < -0.4 is 0 Å². The Bertz CT molecular complexity index is 727. The molecule has 1 unspecified atom stereocenters. The summed E-state index contributed by atoms with van der Waals surface area (Å²) < 4.78 is 6.90.